The molecule has 0 fully saturated rings. The second-order valence-corrected chi connectivity index (χ2v) is 5.09. The lowest BCUT2D eigenvalue weighted by Crippen LogP contribution is -2.17. The van der Waals surface area contributed by atoms with Gasteiger partial charge in [0.05, 0.1) is 0 Å². The van der Waals surface area contributed by atoms with Crippen molar-refractivity contribution in [3.8, 4) is 0 Å². The average molecular weight is 254 g/mol. The molecule has 1 unspecified atom stereocenters. The van der Waals surface area contributed by atoms with Crippen molar-refractivity contribution in [2.24, 2.45) is 0 Å². The van der Waals surface area contributed by atoms with Gasteiger partial charge in [-0.25, -0.2) is 0 Å². The third-order valence-electron chi connectivity index (χ3n) is 3.20. The van der Waals surface area contributed by atoms with Gasteiger partial charge >= 0.3 is 0 Å². The van der Waals surface area contributed by atoms with Crippen molar-refractivity contribution in [2.45, 2.75) is 44.9 Å². The van der Waals surface area contributed by atoms with Gasteiger partial charge in [0.25, 0.3) is 0 Å². The molecule has 0 saturated heterocycles. The van der Waals surface area contributed by atoms with E-state index in [2.05, 4.69) is 24.4 Å². The van der Waals surface area contributed by atoms with Crippen LogP contribution in [0.15, 0.2) is 24.3 Å². The smallest absolute Gasteiger partial charge is 0.0406 e. The van der Waals surface area contributed by atoms with Crippen LogP contribution in [0.5, 0.6) is 0 Å². The fourth-order valence-corrected chi connectivity index (χ4v) is 2.31. The normalized spacial score (nSPS) is 12.6. The van der Waals surface area contributed by atoms with Gasteiger partial charge in [-0.3, -0.25) is 0 Å². The number of benzene rings is 1. The molecule has 1 aromatic carbocycles. The van der Waals surface area contributed by atoms with E-state index in [9.17, 15) is 0 Å². The molecule has 1 atom stereocenters. The minimum Gasteiger partial charge on any atom is -0.319 e. The molecule has 0 saturated carbocycles. The molecular formula is C15H24ClN. The number of nitrogens with one attached hydrogen (secondary N) is 1. The first-order chi connectivity index (χ1) is 8.27. The number of rotatable bonds is 8. The van der Waals surface area contributed by atoms with E-state index in [-0.39, 0.29) is 0 Å². The molecule has 0 radical (unpaired) electrons. The minimum atomic E-state index is 0.620. The summed E-state index contributed by atoms with van der Waals surface area (Å²) in [6, 6.07) is 8.30. The summed E-state index contributed by atoms with van der Waals surface area (Å²) < 4.78 is 0. The van der Waals surface area contributed by atoms with E-state index in [1.54, 1.807) is 0 Å². The Morgan fingerprint density at radius 2 is 1.82 bits per heavy atom. The highest BCUT2D eigenvalue weighted by molar-refractivity contribution is 6.30. The Morgan fingerprint density at radius 3 is 2.41 bits per heavy atom. The largest absolute Gasteiger partial charge is 0.319 e. The molecule has 0 aromatic heterocycles. The molecule has 0 spiro atoms. The summed E-state index contributed by atoms with van der Waals surface area (Å²) in [6.45, 7) is 3.30. The van der Waals surface area contributed by atoms with Gasteiger partial charge in [0.1, 0.15) is 0 Å². The Morgan fingerprint density at radius 1 is 1.12 bits per heavy atom. The maximum absolute atomic E-state index is 5.92. The molecule has 1 N–H and O–H groups in total. The highest BCUT2D eigenvalue weighted by atomic mass is 35.5. The van der Waals surface area contributed by atoms with Crippen LogP contribution in [-0.2, 0) is 0 Å². The second-order valence-electron chi connectivity index (χ2n) is 4.66. The van der Waals surface area contributed by atoms with Crippen LogP contribution in [-0.4, -0.2) is 13.6 Å². The third-order valence-corrected chi connectivity index (χ3v) is 3.45. The second kappa shape index (κ2) is 8.54. The molecule has 17 heavy (non-hydrogen) atoms. The van der Waals surface area contributed by atoms with Crippen LogP contribution in [0.4, 0.5) is 0 Å². The van der Waals surface area contributed by atoms with Crippen LogP contribution in [0.3, 0.4) is 0 Å². The van der Waals surface area contributed by atoms with Crippen LogP contribution in [0.25, 0.3) is 0 Å². The van der Waals surface area contributed by atoms with Gasteiger partial charge < -0.3 is 5.32 Å². The van der Waals surface area contributed by atoms with Crippen LogP contribution in [0, 0.1) is 0 Å². The maximum Gasteiger partial charge on any atom is 0.0406 e. The molecule has 1 aromatic rings. The predicted molar refractivity (Wildman–Crippen MR) is 76.9 cm³/mol. The summed E-state index contributed by atoms with van der Waals surface area (Å²) in [6.07, 6.45) is 6.60. The summed E-state index contributed by atoms with van der Waals surface area (Å²) in [5, 5.41) is 4.11. The van der Waals surface area contributed by atoms with Crippen molar-refractivity contribution in [1.29, 1.82) is 0 Å². The van der Waals surface area contributed by atoms with Crippen molar-refractivity contribution in [1.82, 2.24) is 5.32 Å². The van der Waals surface area contributed by atoms with E-state index >= 15 is 0 Å². The van der Waals surface area contributed by atoms with Crippen LogP contribution in [0.1, 0.15) is 50.5 Å². The van der Waals surface area contributed by atoms with E-state index in [0.29, 0.717) is 5.92 Å². The molecule has 2 heteroatoms. The Hall–Kier alpha value is -0.530. The van der Waals surface area contributed by atoms with Gasteiger partial charge in [-0.1, -0.05) is 56.3 Å². The summed E-state index contributed by atoms with van der Waals surface area (Å²) >= 11 is 5.92. The van der Waals surface area contributed by atoms with E-state index in [1.807, 2.05) is 19.2 Å². The van der Waals surface area contributed by atoms with Gasteiger partial charge in [0.15, 0.2) is 0 Å². The molecular weight excluding hydrogens is 230 g/mol. The quantitative estimate of drug-likeness (QED) is 0.667. The summed E-state index contributed by atoms with van der Waals surface area (Å²) in [5.41, 5.74) is 1.40. The zero-order chi connectivity index (χ0) is 12.5. The molecule has 0 heterocycles. The lowest BCUT2D eigenvalue weighted by atomic mass is 9.93. The van der Waals surface area contributed by atoms with Crippen molar-refractivity contribution < 1.29 is 0 Å². The molecule has 1 nitrogen and oxygen atoms in total. The van der Waals surface area contributed by atoms with Gasteiger partial charge in [-0.05, 0) is 37.1 Å². The number of halogens is 1. The van der Waals surface area contributed by atoms with Crippen molar-refractivity contribution in [3.63, 3.8) is 0 Å². The average Bonchev–Trinajstić information content (AvgIpc) is 2.34. The first-order valence-corrected chi connectivity index (χ1v) is 7.05. The minimum absolute atomic E-state index is 0.620. The standard InChI is InChI=1S/C15H24ClN/c1-3-4-5-6-7-14(12-17-2)13-8-10-15(16)11-9-13/h8-11,14,17H,3-7,12H2,1-2H3. The van der Waals surface area contributed by atoms with Crippen molar-refractivity contribution >= 4 is 11.6 Å². The lowest BCUT2D eigenvalue weighted by Gasteiger charge is -2.17. The molecule has 0 aliphatic rings. The Balaban J connectivity index is 2.49. The maximum atomic E-state index is 5.92. The van der Waals surface area contributed by atoms with Gasteiger partial charge in [0.2, 0.25) is 0 Å². The fraction of sp³-hybridized carbons (Fsp3) is 0.600. The van der Waals surface area contributed by atoms with Crippen molar-refractivity contribution in [2.75, 3.05) is 13.6 Å². The van der Waals surface area contributed by atoms with Crippen molar-refractivity contribution in [3.05, 3.63) is 34.9 Å². The monoisotopic (exact) mass is 253 g/mol. The molecule has 96 valence electrons. The summed E-state index contributed by atoms with van der Waals surface area (Å²) in [5.74, 6) is 0.620. The summed E-state index contributed by atoms with van der Waals surface area (Å²) in [4.78, 5) is 0. The molecule has 1 rings (SSSR count). The fourth-order valence-electron chi connectivity index (χ4n) is 2.19. The summed E-state index contributed by atoms with van der Waals surface area (Å²) in [7, 11) is 2.02. The number of likely N-dealkylation sites (N-methyl/N-ethyl adjacent to an activating group) is 1. The first kappa shape index (κ1) is 14.5. The Labute approximate surface area is 111 Å². The number of unbranched alkanes of at least 4 members (excludes halogenated alkanes) is 3. The molecule has 0 amide bonds. The molecule has 0 aliphatic carbocycles. The van der Waals surface area contributed by atoms with E-state index in [0.717, 1.165) is 11.6 Å². The van der Waals surface area contributed by atoms with Crippen LogP contribution in [0.2, 0.25) is 5.02 Å². The molecule has 0 aliphatic heterocycles. The zero-order valence-corrected chi connectivity index (χ0v) is 11.8. The molecule has 0 bridgehead atoms. The highest BCUT2D eigenvalue weighted by Crippen LogP contribution is 2.23. The van der Waals surface area contributed by atoms with E-state index in [4.69, 9.17) is 11.6 Å². The zero-order valence-electron chi connectivity index (χ0n) is 11.0. The predicted octanol–water partition coefficient (Wildman–Crippen LogP) is 4.61. The van der Waals surface area contributed by atoms with E-state index in [1.165, 1.54) is 37.7 Å². The number of hydrogen-bond acceptors (Lipinski definition) is 1. The van der Waals surface area contributed by atoms with Gasteiger partial charge in [0, 0.05) is 11.6 Å². The third kappa shape index (κ3) is 5.56. The number of hydrogen-bond donors (Lipinski definition) is 1. The topological polar surface area (TPSA) is 12.0 Å². The highest BCUT2D eigenvalue weighted by Gasteiger charge is 2.10. The van der Waals surface area contributed by atoms with Gasteiger partial charge in [-0.15, -0.1) is 0 Å². The van der Waals surface area contributed by atoms with E-state index < -0.39 is 0 Å². The van der Waals surface area contributed by atoms with Crippen LogP contribution < -0.4 is 5.32 Å². The van der Waals surface area contributed by atoms with Gasteiger partial charge in [-0.2, -0.15) is 0 Å². The Bertz CT molecular complexity index is 294. The lowest BCUT2D eigenvalue weighted by molar-refractivity contribution is 0.533. The first-order valence-electron chi connectivity index (χ1n) is 6.68. The SMILES string of the molecule is CCCCCCC(CNC)c1ccc(Cl)cc1. The Kier molecular flexibility index (Phi) is 7.30. The van der Waals surface area contributed by atoms with Crippen LogP contribution >= 0.6 is 11.6 Å².